The number of hydrogen-bond donors (Lipinski definition) is 0. The average molecular weight is 439 g/mol. The Morgan fingerprint density at radius 2 is 1.00 bits per heavy atom. The lowest BCUT2D eigenvalue weighted by Crippen LogP contribution is -2.24. The molecular weight excluding hydrogens is 388 g/mol. The summed E-state index contributed by atoms with van der Waals surface area (Å²) in [5, 5.41) is 0. The van der Waals surface area contributed by atoms with E-state index in [9.17, 15) is 9.59 Å². The molecule has 0 saturated heterocycles. The van der Waals surface area contributed by atoms with E-state index >= 15 is 0 Å². The van der Waals surface area contributed by atoms with Crippen molar-refractivity contribution in [2.45, 2.75) is 142 Å². The number of carbonyl (C=O) groups is 2. The predicted molar refractivity (Wildman–Crippen MR) is 128 cm³/mol. The van der Waals surface area contributed by atoms with Crippen LogP contribution in [-0.2, 0) is 19.1 Å². The summed E-state index contributed by atoms with van der Waals surface area (Å²) in [7, 11) is 0. The second-order valence-electron chi connectivity index (χ2n) is 9.54. The van der Waals surface area contributed by atoms with E-state index in [-0.39, 0.29) is 0 Å². The Balaban J connectivity index is 1.77. The minimum absolute atomic E-state index is 0.329. The zero-order chi connectivity index (χ0) is 22.4. The molecule has 1 aliphatic rings. The molecule has 1 rings (SSSR count). The van der Waals surface area contributed by atoms with Crippen molar-refractivity contribution in [2.24, 2.45) is 5.92 Å². The van der Waals surface area contributed by atoms with E-state index < -0.39 is 11.9 Å². The van der Waals surface area contributed by atoms with E-state index in [0.717, 1.165) is 25.7 Å². The van der Waals surface area contributed by atoms with Gasteiger partial charge >= 0.3 is 11.9 Å². The molecule has 0 radical (unpaired) electrons. The van der Waals surface area contributed by atoms with Crippen molar-refractivity contribution in [3.63, 3.8) is 0 Å². The Morgan fingerprint density at radius 3 is 1.48 bits per heavy atom. The fourth-order valence-electron chi connectivity index (χ4n) is 4.48. The summed E-state index contributed by atoms with van der Waals surface area (Å²) in [4.78, 5) is 23.4. The van der Waals surface area contributed by atoms with Gasteiger partial charge in [-0.3, -0.25) is 0 Å². The molecule has 182 valence electrons. The molecule has 0 unspecified atom stereocenters. The highest BCUT2D eigenvalue weighted by molar-refractivity contribution is 6.29. The fraction of sp³-hybridized carbons (Fsp3) is 0.926. The van der Waals surface area contributed by atoms with Crippen LogP contribution >= 0.6 is 0 Å². The second kappa shape index (κ2) is 20.8. The third-order valence-electron chi connectivity index (χ3n) is 6.57. The Bertz CT molecular complexity index is 429. The van der Waals surface area contributed by atoms with Crippen LogP contribution in [0.1, 0.15) is 142 Å². The zero-order valence-electron chi connectivity index (χ0n) is 20.5. The summed E-state index contributed by atoms with van der Waals surface area (Å²) in [6.45, 7) is 2.97. The fourth-order valence-corrected chi connectivity index (χ4v) is 4.48. The maximum absolute atomic E-state index is 11.7. The maximum Gasteiger partial charge on any atom is 0.417 e. The first-order chi connectivity index (χ1) is 15.2. The summed E-state index contributed by atoms with van der Waals surface area (Å²) >= 11 is 0. The van der Waals surface area contributed by atoms with Crippen LogP contribution in [0.25, 0.3) is 0 Å². The van der Waals surface area contributed by atoms with Crippen molar-refractivity contribution in [3.05, 3.63) is 0 Å². The summed E-state index contributed by atoms with van der Waals surface area (Å²) in [5.41, 5.74) is 0. The Labute approximate surface area is 192 Å². The van der Waals surface area contributed by atoms with Gasteiger partial charge in [-0.2, -0.15) is 0 Å². The molecule has 0 aliphatic heterocycles. The van der Waals surface area contributed by atoms with E-state index in [1.165, 1.54) is 109 Å². The van der Waals surface area contributed by atoms with Crippen LogP contribution < -0.4 is 0 Å². The molecule has 4 heteroatoms. The standard InChI is InChI=1S/C27H50O4/c1-2-3-4-5-6-7-8-9-10-11-12-13-14-15-16-20-23-30-26(28)27(29)31-24-25-21-18-17-19-22-25/h25H,2-24H2,1H3. The van der Waals surface area contributed by atoms with Crippen molar-refractivity contribution in [1.82, 2.24) is 0 Å². The molecule has 1 fully saturated rings. The lowest BCUT2D eigenvalue weighted by molar-refractivity contribution is -0.168. The SMILES string of the molecule is CCCCCCCCCCCCCCCCCCOC(=O)C(=O)OCC1CCCCC1. The molecule has 0 atom stereocenters. The van der Waals surface area contributed by atoms with Gasteiger partial charge in [0.1, 0.15) is 0 Å². The van der Waals surface area contributed by atoms with Gasteiger partial charge in [0.15, 0.2) is 0 Å². The first-order valence-corrected chi connectivity index (χ1v) is 13.6. The van der Waals surface area contributed by atoms with Gasteiger partial charge in [-0.15, -0.1) is 0 Å². The third kappa shape index (κ3) is 17.2. The highest BCUT2D eigenvalue weighted by Crippen LogP contribution is 2.23. The summed E-state index contributed by atoms with van der Waals surface area (Å²) in [5.74, 6) is -1.22. The lowest BCUT2D eigenvalue weighted by Gasteiger charge is -2.20. The van der Waals surface area contributed by atoms with E-state index in [4.69, 9.17) is 9.47 Å². The van der Waals surface area contributed by atoms with E-state index in [0.29, 0.717) is 19.1 Å². The van der Waals surface area contributed by atoms with Crippen molar-refractivity contribution in [1.29, 1.82) is 0 Å². The molecule has 1 aliphatic carbocycles. The Morgan fingerprint density at radius 1 is 0.581 bits per heavy atom. The topological polar surface area (TPSA) is 52.6 Å². The lowest BCUT2D eigenvalue weighted by atomic mass is 9.90. The summed E-state index contributed by atoms with van der Waals surface area (Å²) in [6.07, 6.45) is 26.9. The predicted octanol–water partition coefficient (Wildman–Crippen LogP) is 7.91. The van der Waals surface area contributed by atoms with Crippen LogP contribution in [-0.4, -0.2) is 25.2 Å². The largest absolute Gasteiger partial charge is 0.457 e. The molecular formula is C27H50O4. The van der Waals surface area contributed by atoms with Crippen LogP contribution in [0.3, 0.4) is 0 Å². The number of esters is 2. The average Bonchev–Trinajstić information content (AvgIpc) is 2.80. The zero-order valence-corrected chi connectivity index (χ0v) is 20.5. The molecule has 0 heterocycles. The van der Waals surface area contributed by atoms with Gasteiger partial charge in [-0.05, 0) is 25.2 Å². The quantitative estimate of drug-likeness (QED) is 0.117. The van der Waals surface area contributed by atoms with Gasteiger partial charge in [0.25, 0.3) is 0 Å². The van der Waals surface area contributed by atoms with Gasteiger partial charge < -0.3 is 9.47 Å². The maximum atomic E-state index is 11.7. The molecule has 0 aromatic carbocycles. The molecule has 4 nitrogen and oxygen atoms in total. The van der Waals surface area contributed by atoms with Crippen molar-refractivity contribution in [2.75, 3.05) is 13.2 Å². The Kier molecular flexibility index (Phi) is 18.8. The normalized spacial score (nSPS) is 14.5. The first-order valence-electron chi connectivity index (χ1n) is 13.6. The van der Waals surface area contributed by atoms with Crippen LogP contribution in [0.15, 0.2) is 0 Å². The Hall–Kier alpha value is -1.06. The highest BCUT2D eigenvalue weighted by Gasteiger charge is 2.20. The molecule has 0 N–H and O–H groups in total. The van der Waals surface area contributed by atoms with E-state index in [1.54, 1.807) is 0 Å². The smallest absolute Gasteiger partial charge is 0.417 e. The minimum atomic E-state index is -0.822. The molecule has 0 bridgehead atoms. The third-order valence-corrected chi connectivity index (χ3v) is 6.57. The summed E-state index contributed by atoms with van der Waals surface area (Å²) < 4.78 is 10.2. The summed E-state index contributed by atoms with van der Waals surface area (Å²) in [6, 6.07) is 0. The van der Waals surface area contributed by atoms with Gasteiger partial charge in [0.2, 0.25) is 0 Å². The molecule has 1 saturated carbocycles. The van der Waals surface area contributed by atoms with Gasteiger partial charge in [0.05, 0.1) is 13.2 Å². The van der Waals surface area contributed by atoms with E-state index in [1.807, 2.05) is 0 Å². The van der Waals surface area contributed by atoms with Crippen molar-refractivity contribution < 1.29 is 19.1 Å². The monoisotopic (exact) mass is 438 g/mol. The second-order valence-corrected chi connectivity index (χ2v) is 9.54. The van der Waals surface area contributed by atoms with Gasteiger partial charge in [0, 0.05) is 0 Å². The van der Waals surface area contributed by atoms with Crippen LogP contribution in [0, 0.1) is 5.92 Å². The molecule has 0 spiro atoms. The first kappa shape index (κ1) is 28.0. The molecule has 0 aromatic heterocycles. The van der Waals surface area contributed by atoms with Gasteiger partial charge in [-0.1, -0.05) is 122 Å². The highest BCUT2D eigenvalue weighted by atomic mass is 16.6. The van der Waals surface area contributed by atoms with Crippen LogP contribution in [0.2, 0.25) is 0 Å². The van der Waals surface area contributed by atoms with E-state index in [2.05, 4.69) is 6.92 Å². The molecule has 0 aromatic rings. The van der Waals surface area contributed by atoms with Gasteiger partial charge in [-0.25, -0.2) is 9.59 Å². The van der Waals surface area contributed by atoms with Crippen LogP contribution in [0.4, 0.5) is 0 Å². The van der Waals surface area contributed by atoms with Crippen molar-refractivity contribution in [3.8, 4) is 0 Å². The number of ether oxygens (including phenoxy) is 2. The number of unbranched alkanes of at least 4 members (excludes halogenated alkanes) is 15. The minimum Gasteiger partial charge on any atom is -0.457 e. The number of rotatable bonds is 19. The van der Waals surface area contributed by atoms with Crippen molar-refractivity contribution >= 4 is 11.9 Å². The number of hydrogen-bond acceptors (Lipinski definition) is 4. The molecule has 0 amide bonds. The number of carbonyl (C=O) groups excluding carboxylic acids is 2. The molecule has 31 heavy (non-hydrogen) atoms. The van der Waals surface area contributed by atoms with Crippen LogP contribution in [0.5, 0.6) is 0 Å².